The zero-order chi connectivity index (χ0) is 19.7. The predicted octanol–water partition coefficient (Wildman–Crippen LogP) is 3.15. The van der Waals surface area contributed by atoms with Gasteiger partial charge in [0.1, 0.15) is 0 Å². The van der Waals surface area contributed by atoms with Crippen LogP contribution in [-0.4, -0.2) is 53.2 Å². The molecule has 1 atom stereocenters. The number of carbonyl (C=O) groups excluding carboxylic acids is 3. The first kappa shape index (κ1) is 18.7. The Balaban J connectivity index is 1.32. The summed E-state index contributed by atoms with van der Waals surface area (Å²) in [6.07, 6.45) is 1.02. The Hall–Kier alpha value is -2.67. The number of imide groups is 1. The number of amides is 3. The molecule has 2 aliphatic heterocycles. The zero-order valence-corrected chi connectivity index (χ0v) is 16.8. The molecule has 2 heterocycles. The van der Waals surface area contributed by atoms with Crippen LogP contribution in [0.2, 0.25) is 0 Å². The van der Waals surface area contributed by atoms with Gasteiger partial charge in [0.15, 0.2) is 0 Å². The van der Waals surface area contributed by atoms with Crippen molar-refractivity contribution in [1.82, 2.24) is 9.80 Å². The van der Waals surface area contributed by atoms with Crippen molar-refractivity contribution in [2.45, 2.75) is 18.9 Å². The van der Waals surface area contributed by atoms with Gasteiger partial charge < -0.3 is 10.2 Å². The summed E-state index contributed by atoms with van der Waals surface area (Å²) in [5, 5.41) is 3.44. The molecule has 2 aromatic rings. The molecule has 0 aromatic heterocycles. The van der Waals surface area contributed by atoms with E-state index in [2.05, 4.69) is 21.2 Å². The lowest BCUT2D eigenvalue weighted by Gasteiger charge is -2.19. The Bertz CT molecular complexity index is 932. The largest absolute Gasteiger partial charge is 0.380 e. The molecule has 0 spiro atoms. The first-order valence-electron chi connectivity index (χ1n) is 9.28. The van der Waals surface area contributed by atoms with Gasteiger partial charge in [-0.15, -0.1) is 0 Å². The number of fused-ring (bicyclic) bond motifs is 1. The Morgan fingerprint density at radius 3 is 2.61 bits per heavy atom. The highest BCUT2D eigenvalue weighted by atomic mass is 79.9. The van der Waals surface area contributed by atoms with E-state index < -0.39 is 0 Å². The van der Waals surface area contributed by atoms with Crippen molar-refractivity contribution in [3.8, 4) is 0 Å². The van der Waals surface area contributed by atoms with Crippen molar-refractivity contribution in [3.05, 3.63) is 64.1 Å². The van der Waals surface area contributed by atoms with Crippen molar-refractivity contribution in [2.24, 2.45) is 0 Å². The van der Waals surface area contributed by atoms with Crippen molar-refractivity contribution in [3.63, 3.8) is 0 Å². The van der Waals surface area contributed by atoms with Crippen LogP contribution < -0.4 is 5.32 Å². The molecule has 1 unspecified atom stereocenters. The third-order valence-corrected chi connectivity index (χ3v) is 5.66. The first-order valence-corrected chi connectivity index (χ1v) is 10.1. The summed E-state index contributed by atoms with van der Waals surface area (Å²) in [7, 11) is 0. The number of anilines is 1. The van der Waals surface area contributed by atoms with Crippen LogP contribution in [0.1, 0.15) is 33.6 Å². The molecule has 1 saturated heterocycles. The molecular weight excluding hydrogens is 422 g/mol. The smallest absolute Gasteiger partial charge is 0.261 e. The molecule has 3 amide bonds. The number of rotatable bonds is 5. The molecule has 4 rings (SSSR count). The normalized spacial score (nSPS) is 18.5. The molecule has 6 nitrogen and oxygen atoms in total. The molecule has 0 aliphatic carbocycles. The molecular formula is C21H20BrN3O3. The number of hydrogen-bond donors (Lipinski definition) is 1. The number of nitrogens with one attached hydrogen (secondary N) is 1. The van der Waals surface area contributed by atoms with Gasteiger partial charge in [-0.1, -0.05) is 34.1 Å². The van der Waals surface area contributed by atoms with E-state index in [1.54, 1.807) is 23.1 Å². The SMILES string of the molecule is O=C(CCN1C(=O)c2ccc(Br)cc2C1=O)N1CCC(Nc2ccccc2)C1. The Kier molecular flexibility index (Phi) is 5.17. The van der Waals surface area contributed by atoms with Crippen molar-refractivity contribution in [1.29, 1.82) is 0 Å². The molecule has 28 heavy (non-hydrogen) atoms. The molecule has 0 saturated carbocycles. The van der Waals surface area contributed by atoms with E-state index in [0.717, 1.165) is 16.6 Å². The van der Waals surface area contributed by atoms with Gasteiger partial charge in [-0.25, -0.2) is 0 Å². The predicted molar refractivity (Wildman–Crippen MR) is 109 cm³/mol. The van der Waals surface area contributed by atoms with E-state index in [4.69, 9.17) is 0 Å². The van der Waals surface area contributed by atoms with Gasteiger partial charge in [-0.3, -0.25) is 19.3 Å². The highest BCUT2D eigenvalue weighted by Gasteiger charge is 2.36. The lowest BCUT2D eigenvalue weighted by Crippen LogP contribution is -2.36. The summed E-state index contributed by atoms with van der Waals surface area (Å²) in [6.45, 7) is 1.41. The van der Waals surface area contributed by atoms with E-state index in [1.807, 2.05) is 30.3 Å². The van der Waals surface area contributed by atoms with Gasteiger partial charge in [0.2, 0.25) is 5.91 Å². The number of hydrogen-bond acceptors (Lipinski definition) is 4. The maximum absolute atomic E-state index is 12.6. The van der Waals surface area contributed by atoms with Crippen molar-refractivity contribution >= 4 is 39.3 Å². The van der Waals surface area contributed by atoms with Crippen LogP contribution in [0.4, 0.5) is 5.69 Å². The fourth-order valence-electron chi connectivity index (χ4n) is 3.71. The van der Waals surface area contributed by atoms with Gasteiger partial charge >= 0.3 is 0 Å². The number of carbonyl (C=O) groups is 3. The Morgan fingerprint density at radius 2 is 1.82 bits per heavy atom. The maximum Gasteiger partial charge on any atom is 0.261 e. The third-order valence-electron chi connectivity index (χ3n) is 5.17. The van der Waals surface area contributed by atoms with Crippen LogP contribution in [0, 0.1) is 0 Å². The molecule has 0 bridgehead atoms. The minimum absolute atomic E-state index is 0.0323. The lowest BCUT2D eigenvalue weighted by molar-refractivity contribution is -0.130. The van der Waals surface area contributed by atoms with E-state index in [0.29, 0.717) is 24.2 Å². The minimum Gasteiger partial charge on any atom is -0.380 e. The van der Waals surface area contributed by atoms with Crippen LogP contribution >= 0.6 is 15.9 Å². The highest BCUT2D eigenvalue weighted by Crippen LogP contribution is 2.26. The topological polar surface area (TPSA) is 69.7 Å². The van der Waals surface area contributed by atoms with Crippen LogP contribution in [-0.2, 0) is 4.79 Å². The fourth-order valence-corrected chi connectivity index (χ4v) is 4.07. The first-order chi connectivity index (χ1) is 13.5. The number of likely N-dealkylation sites (tertiary alicyclic amines) is 1. The number of benzene rings is 2. The average molecular weight is 442 g/mol. The molecule has 0 radical (unpaired) electrons. The van der Waals surface area contributed by atoms with Crippen LogP contribution in [0.3, 0.4) is 0 Å². The summed E-state index contributed by atoms with van der Waals surface area (Å²) in [5.41, 5.74) is 1.83. The van der Waals surface area contributed by atoms with Gasteiger partial charge in [-0.2, -0.15) is 0 Å². The van der Waals surface area contributed by atoms with Crippen LogP contribution in [0.15, 0.2) is 53.0 Å². The lowest BCUT2D eigenvalue weighted by atomic mass is 10.1. The van der Waals surface area contributed by atoms with E-state index >= 15 is 0 Å². The number of para-hydroxylation sites is 1. The monoisotopic (exact) mass is 441 g/mol. The van der Waals surface area contributed by atoms with E-state index in [1.165, 1.54) is 4.90 Å². The van der Waals surface area contributed by atoms with Gasteiger partial charge in [0.05, 0.1) is 11.1 Å². The second-order valence-corrected chi connectivity index (χ2v) is 7.95. The third kappa shape index (κ3) is 3.67. The number of nitrogens with zero attached hydrogens (tertiary/aromatic N) is 2. The van der Waals surface area contributed by atoms with Crippen molar-refractivity contribution < 1.29 is 14.4 Å². The second kappa shape index (κ2) is 7.75. The fraction of sp³-hybridized carbons (Fsp3) is 0.286. The van der Waals surface area contributed by atoms with Crippen molar-refractivity contribution in [2.75, 3.05) is 25.0 Å². The maximum atomic E-state index is 12.6. The highest BCUT2D eigenvalue weighted by molar-refractivity contribution is 9.10. The quantitative estimate of drug-likeness (QED) is 0.723. The van der Waals surface area contributed by atoms with Crippen LogP contribution in [0.5, 0.6) is 0 Å². The van der Waals surface area contributed by atoms with E-state index in [-0.39, 0.29) is 36.7 Å². The standard InChI is InChI=1S/C21H20BrN3O3/c22-14-6-7-17-18(12-14)21(28)25(20(17)27)11-9-19(26)24-10-8-16(13-24)23-15-4-2-1-3-5-15/h1-7,12,16,23H,8-11,13H2. The summed E-state index contributed by atoms with van der Waals surface area (Å²) < 4.78 is 0.749. The molecule has 2 aromatic carbocycles. The summed E-state index contributed by atoms with van der Waals surface area (Å²) >= 11 is 3.32. The van der Waals surface area contributed by atoms with Gasteiger partial charge in [0.25, 0.3) is 11.8 Å². The average Bonchev–Trinajstić information content (AvgIpc) is 3.25. The van der Waals surface area contributed by atoms with Crippen LogP contribution in [0.25, 0.3) is 0 Å². The molecule has 1 N–H and O–H groups in total. The number of halogens is 1. The molecule has 1 fully saturated rings. The zero-order valence-electron chi connectivity index (χ0n) is 15.2. The Labute approximate surface area is 171 Å². The van der Waals surface area contributed by atoms with Gasteiger partial charge in [0, 0.05) is 42.3 Å². The summed E-state index contributed by atoms with van der Waals surface area (Å²) in [4.78, 5) is 40.5. The molecule has 2 aliphatic rings. The molecule has 7 heteroatoms. The van der Waals surface area contributed by atoms with E-state index in [9.17, 15) is 14.4 Å². The van der Waals surface area contributed by atoms with Gasteiger partial charge in [-0.05, 0) is 36.8 Å². The Morgan fingerprint density at radius 1 is 1.07 bits per heavy atom. The summed E-state index contributed by atoms with van der Waals surface area (Å²) in [5.74, 6) is -0.695. The summed E-state index contributed by atoms with van der Waals surface area (Å²) in [6, 6.07) is 15.2. The molecule has 144 valence electrons. The minimum atomic E-state index is -0.334. The second-order valence-electron chi connectivity index (χ2n) is 7.04.